The van der Waals surface area contributed by atoms with Crippen molar-refractivity contribution in [3.05, 3.63) is 0 Å². The number of halogens is 1. The molecule has 1 saturated carbocycles. The summed E-state index contributed by atoms with van der Waals surface area (Å²) in [5.41, 5.74) is 0. The first-order chi connectivity index (χ1) is 4.45. The Labute approximate surface area is 67.7 Å². The minimum Gasteiger partial charge on any atom is -0.378 e. The minimum absolute atomic E-state index is 0. The summed E-state index contributed by atoms with van der Waals surface area (Å²) in [6.45, 7) is 3.34. The fraction of sp³-hybridized carbons (Fsp3) is 1.00. The monoisotopic (exact) mass is 163 g/mol. The third-order valence-electron chi connectivity index (χ3n) is 1.96. The zero-order valence-corrected chi connectivity index (χ0v) is 6.82. The van der Waals surface area contributed by atoms with Crippen LogP contribution in [0.3, 0.4) is 0 Å². The highest BCUT2D eigenvalue weighted by Crippen LogP contribution is 2.24. The van der Waals surface area contributed by atoms with Gasteiger partial charge in [-0.25, -0.2) is 0 Å². The van der Waals surface area contributed by atoms with Crippen LogP contribution in [0, 0.1) is 5.92 Å². The van der Waals surface area contributed by atoms with Crippen LogP contribution in [0.25, 0.3) is 0 Å². The molecule has 3 heteroatoms. The second kappa shape index (κ2) is 3.56. The van der Waals surface area contributed by atoms with Crippen molar-refractivity contribution in [2.45, 2.75) is 18.9 Å². The first-order valence-corrected chi connectivity index (χ1v) is 3.77. The summed E-state index contributed by atoms with van der Waals surface area (Å²) in [4.78, 5) is 0. The second-order valence-electron chi connectivity index (χ2n) is 3.06. The largest absolute Gasteiger partial charge is 0.378 e. The zero-order chi connectivity index (χ0) is 6.10. The van der Waals surface area contributed by atoms with Crippen LogP contribution in [-0.4, -0.2) is 25.8 Å². The van der Waals surface area contributed by atoms with Crippen LogP contribution in [0.4, 0.5) is 0 Å². The smallest absolute Gasteiger partial charge is 0.0577 e. The van der Waals surface area contributed by atoms with Gasteiger partial charge in [0.15, 0.2) is 0 Å². The molecule has 1 saturated heterocycles. The Balaban J connectivity index is 0.000000500. The molecule has 1 aliphatic carbocycles. The molecule has 0 radical (unpaired) electrons. The summed E-state index contributed by atoms with van der Waals surface area (Å²) in [6, 6.07) is 0. The Morgan fingerprint density at radius 1 is 1.30 bits per heavy atom. The minimum atomic E-state index is 0. The summed E-state index contributed by atoms with van der Waals surface area (Å²) in [7, 11) is 0. The van der Waals surface area contributed by atoms with Gasteiger partial charge in [0.1, 0.15) is 0 Å². The summed E-state index contributed by atoms with van der Waals surface area (Å²) in [5.74, 6) is 0.825. The van der Waals surface area contributed by atoms with E-state index in [0.29, 0.717) is 6.10 Å². The molecule has 0 atom stereocenters. The van der Waals surface area contributed by atoms with Crippen LogP contribution in [0.15, 0.2) is 0 Å². The van der Waals surface area contributed by atoms with Gasteiger partial charge in [0.05, 0.1) is 12.7 Å². The number of rotatable bonds is 3. The lowest BCUT2D eigenvalue weighted by Gasteiger charge is -2.26. The highest BCUT2D eigenvalue weighted by Gasteiger charge is 2.25. The van der Waals surface area contributed by atoms with Crippen LogP contribution in [0.5, 0.6) is 0 Å². The highest BCUT2D eigenvalue weighted by atomic mass is 35.5. The van der Waals surface area contributed by atoms with Gasteiger partial charge in [-0.2, -0.15) is 0 Å². The molecule has 1 heterocycles. The molecule has 0 aromatic carbocycles. The van der Waals surface area contributed by atoms with Gasteiger partial charge in [0.2, 0.25) is 0 Å². The van der Waals surface area contributed by atoms with E-state index in [1.54, 1.807) is 0 Å². The molecule has 0 bridgehead atoms. The van der Waals surface area contributed by atoms with E-state index in [0.717, 1.165) is 12.5 Å². The van der Waals surface area contributed by atoms with Crippen molar-refractivity contribution >= 4 is 12.4 Å². The van der Waals surface area contributed by atoms with Crippen LogP contribution < -0.4 is 5.32 Å². The first kappa shape index (κ1) is 8.31. The maximum absolute atomic E-state index is 5.52. The molecule has 1 N–H and O–H groups in total. The summed E-state index contributed by atoms with van der Waals surface area (Å²) >= 11 is 0. The molecule has 10 heavy (non-hydrogen) atoms. The molecule has 0 amide bonds. The number of hydrogen-bond acceptors (Lipinski definition) is 2. The summed E-state index contributed by atoms with van der Waals surface area (Å²) < 4.78 is 5.52. The normalized spacial score (nSPS) is 25.2. The Morgan fingerprint density at radius 3 is 2.40 bits per heavy atom. The van der Waals surface area contributed by atoms with Gasteiger partial charge in [-0.1, -0.05) is 0 Å². The predicted molar refractivity (Wildman–Crippen MR) is 42.6 cm³/mol. The predicted octanol–water partition coefficient (Wildman–Crippen LogP) is 0.807. The maximum Gasteiger partial charge on any atom is 0.0577 e. The van der Waals surface area contributed by atoms with Gasteiger partial charge in [-0.05, 0) is 12.8 Å². The maximum atomic E-state index is 5.52. The highest BCUT2D eigenvalue weighted by molar-refractivity contribution is 5.85. The molecule has 1 aliphatic heterocycles. The van der Waals surface area contributed by atoms with E-state index in [1.807, 2.05) is 0 Å². The van der Waals surface area contributed by atoms with Crippen molar-refractivity contribution in [1.82, 2.24) is 5.32 Å². The van der Waals surface area contributed by atoms with Gasteiger partial charge < -0.3 is 10.1 Å². The molecule has 0 spiro atoms. The fourth-order valence-electron chi connectivity index (χ4n) is 0.973. The molecule has 2 fully saturated rings. The van der Waals surface area contributed by atoms with Crippen molar-refractivity contribution in [2.75, 3.05) is 19.7 Å². The van der Waals surface area contributed by atoms with E-state index in [4.69, 9.17) is 4.74 Å². The molecule has 2 rings (SSSR count). The molecule has 2 nitrogen and oxygen atoms in total. The Hall–Kier alpha value is 0.210. The van der Waals surface area contributed by atoms with Gasteiger partial charge in [-0.3, -0.25) is 0 Å². The van der Waals surface area contributed by atoms with E-state index in [-0.39, 0.29) is 12.4 Å². The van der Waals surface area contributed by atoms with Crippen molar-refractivity contribution in [2.24, 2.45) is 5.92 Å². The van der Waals surface area contributed by atoms with E-state index in [9.17, 15) is 0 Å². The standard InChI is InChI=1S/C7H13NO.ClH/c1-2-7(1)9-5-6-3-8-4-6;/h6-8H,1-5H2;1H. The Bertz CT molecular complexity index is 102. The van der Waals surface area contributed by atoms with Crippen molar-refractivity contribution in [3.8, 4) is 0 Å². The van der Waals surface area contributed by atoms with E-state index in [1.165, 1.54) is 25.9 Å². The molecular formula is C7H14ClNO. The average Bonchev–Trinajstić information content (AvgIpc) is 2.44. The van der Waals surface area contributed by atoms with Crippen molar-refractivity contribution < 1.29 is 4.74 Å². The molecule has 2 aliphatic rings. The fourth-order valence-corrected chi connectivity index (χ4v) is 0.973. The summed E-state index contributed by atoms with van der Waals surface area (Å²) in [5, 5.41) is 3.23. The van der Waals surface area contributed by atoms with Gasteiger partial charge in [-0.15, -0.1) is 12.4 Å². The lowest BCUT2D eigenvalue weighted by atomic mass is 10.1. The summed E-state index contributed by atoms with van der Waals surface area (Å²) in [6.07, 6.45) is 3.26. The third-order valence-corrected chi connectivity index (χ3v) is 1.96. The molecule has 0 aromatic heterocycles. The third kappa shape index (κ3) is 2.11. The lowest BCUT2D eigenvalue weighted by Crippen LogP contribution is -2.44. The molecule has 0 unspecified atom stereocenters. The molecular weight excluding hydrogens is 150 g/mol. The molecule has 0 aromatic rings. The van der Waals surface area contributed by atoms with Crippen LogP contribution in [-0.2, 0) is 4.74 Å². The van der Waals surface area contributed by atoms with Crippen LogP contribution in [0.1, 0.15) is 12.8 Å². The lowest BCUT2D eigenvalue weighted by molar-refractivity contribution is 0.0682. The number of nitrogens with one attached hydrogen (secondary N) is 1. The zero-order valence-electron chi connectivity index (χ0n) is 6.01. The Morgan fingerprint density at radius 2 is 2.00 bits per heavy atom. The van der Waals surface area contributed by atoms with Gasteiger partial charge >= 0.3 is 0 Å². The van der Waals surface area contributed by atoms with Crippen molar-refractivity contribution in [3.63, 3.8) is 0 Å². The second-order valence-corrected chi connectivity index (χ2v) is 3.06. The quantitative estimate of drug-likeness (QED) is 0.665. The van der Waals surface area contributed by atoms with E-state index >= 15 is 0 Å². The van der Waals surface area contributed by atoms with E-state index in [2.05, 4.69) is 5.32 Å². The van der Waals surface area contributed by atoms with Crippen LogP contribution >= 0.6 is 12.4 Å². The van der Waals surface area contributed by atoms with Crippen LogP contribution in [0.2, 0.25) is 0 Å². The molecule has 60 valence electrons. The number of ether oxygens (including phenoxy) is 1. The van der Waals surface area contributed by atoms with E-state index < -0.39 is 0 Å². The number of hydrogen-bond donors (Lipinski definition) is 1. The van der Waals surface area contributed by atoms with Crippen molar-refractivity contribution in [1.29, 1.82) is 0 Å². The average molecular weight is 164 g/mol. The Kier molecular flexibility index (Phi) is 2.96. The van der Waals surface area contributed by atoms with Gasteiger partial charge in [0.25, 0.3) is 0 Å². The SMILES string of the molecule is C1NCC1COC1CC1.Cl. The van der Waals surface area contributed by atoms with Gasteiger partial charge in [0, 0.05) is 19.0 Å². The first-order valence-electron chi connectivity index (χ1n) is 3.77. The topological polar surface area (TPSA) is 21.3 Å².